The van der Waals surface area contributed by atoms with Gasteiger partial charge in [-0.1, -0.05) is 36.4 Å². The van der Waals surface area contributed by atoms with E-state index in [-0.39, 0.29) is 0 Å². The SMILES string of the molecule is N#Cc1cccc(CN2C[C@H]3CC[C@@H]2Cc2ccccc2C3)c1. The van der Waals surface area contributed by atoms with Crippen LogP contribution in [0.2, 0.25) is 0 Å². The number of fused-ring (bicyclic) bond motifs is 2. The van der Waals surface area contributed by atoms with E-state index in [1.165, 1.54) is 43.4 Å². The average molecular weight is 302 g/mol. The van der Waals surface area contributed by atoms with Gasteiger partial charge >= 0.3 is 0 Å². The maximum absolute atomic E-state index is 9.10. The number of nitriles is 1. The molecular formula is C21H22N2. The summed E-state index contributed by atoms with van der Waals surface area (Å²) in [7, 11) is 0. The molecule has 1 saturated heterocycles. The second-order valence-electron chi connectivity index (χ2n) is 7.02. The van der Waals surface area contributed by atoms with E-state index >= 15 is 0 Å². The van der Waals surface area contributed by atoms with Gasteiger partial charge in [-0.05, 0) is 60.4 Å². The summed E-state index contributed by atoms with van der Waals surface area (Å²) >= 11 is 0. The van der Waals surface area contributed by atoms with E-state index in [0.717, 1.165) is 18.0 Å². The molecule has 2 atom stereocenters. The molecule has 3 aliphatic rings. The molecule has 2 heteroatoms. The molecule has 116 valence electrons. The zero-order valence-electron chi connectivity index (χ0n) is 13.4. The molecule has 2 bridgehead atoms. The van der Waals surface area contributed by atoms with Gasteiger partial charge in [0.25, 0.3) is 0 Å². The number of nitrogens with zero attached hydrogens (tertiary/aromatic N) is 2. The van der Waals surface area contributed by atoms with Gasteiger partial charge in [0.2, 0.25) is 0 Å². The minimum absolute atomic E-state index is 0.637. The van der Waals surface area contributed by atoms with Crippen molar-refractivity contribution in [2.75, 3.05) is 6.54 Å². The van der Waals surface area contributed by atoms with E-state index in [4.69, 9.17) is 5.26 Å². The molecule has 2 nitrogen and oxygen atoms in total. The third-order valence-corrected chi connectivity index (χ3v) is 5.44. The van der Waals surface area contributed by atoms with Crippen LogP contribution < -0.4 is 0 Å². The molecule has 1 fully saturated rings. The number of rotatable bonds is 2. The second kappa shape index (κ2) is 6.18. The minimum atomic E-state index is 0.637. The van der Waals surface area contributed by atoms with E-state index in [1.807, 2.05) is 18.2 Å². The highest BCUT2D eigenvalue weighted by Crippen LogP contribution is 2.33. The van der Waals surface area contributed by atoms with Crippen molar-refractivity contribution in [2.45, 2.75) is 38.3 Å². The first kappa shape index (κ1) is 14.5. The summed E-state index contributed by atoms with van der Waals surface area (Å²) in [5, 5.41) is 9.10. The topological polar surface area (TPSA) is 27.0 Å². The van der Waals surface area contributed by atoms with Crippen LogP contribution in [0.4, 0.5) is 0 Å². The molecule has 2 aromatic carbocycles. The molecule has 0 unspecified atom stereocenters. The van der Waals surface area contributed by atoms with Crippen LogP contribution in [0.3, 0.4) is 0 Å². The van der Waals surface area contributed by atoms with Gasteiger partial charge in [-0.3, -0.25) is 4.90 Å². The van der Waals surface area contributed by atoms with Crippen LogP contribution in [0.1, 0.15) is 35.1 Å². The van der Waals surface area contributed by atoms with Crippen molar-refractivity contribution in [1.29, 1.82) is 5.26 Å². The number of benzene rings is 2. The van der Waals surface area contributed by atoms with Gasteiger partial charge in [-0.2, -0.15) is 5.26 Å². The minimum Gasteiger partial charge on any atom is -0.296 e. The van der Waals surface area contributed by atoms with Gasteiger partial charge in [-0.25, -0.2) is 0 Å². The van der Waals surface area contributed by atoms with Gasteiger partial charge < -0.3 is 0 Å². The fraction of sp³-hybridized carbons (Fsp3) is 0.381. The lowest BCUT2D eigenvalue weighted by Gasteiger charge is -2.42. The first-order valence-electron chi connectivity index (χ1n) is 8.61. The van der Waals surface area contributed by atoms with Crippen LogP contribution in [-0.4, -0.2) is 17.5 Å². The summed E-state index contributed by atoms with van der Waals surface area (Å²) in [5.41, 5.74) is 5.14. The molecule has 0 amide bonds. The van der Waals surface area contributed by atoms with Crippen LogP contribution in [-0.2, 0) is 19.4 Å². The molecule has 2 heterocycles. The highest BCUT2D eigenvalue weighted by molar-refractivity contribution is 5.33. The quantitative estimate of drug-likeness (QED) is 0.840. The largest absolute Gasteiger partial charge is 0.296 e. The molecule has 0 N–H and O–H groups in total. The van der Waals surface area contributed by atoms with Crippen LogP contribution in [0, 0.1) is 17.2 Å². The van der Waals surface area contributed by atoms with Crippen molar-refractivity contribution >= 4 is 0 Å². The molecule has 2 aromatic rings. The second-order valence-corrected chi connectivity index (χ2v) is 7.02. The highest BCUT2D eigenvalue weighted by atomic mass is 15.2. The molecule has 0 aromatic heterocycles. The molecule has 5 rings (SSSR count). The lowest BCUT2D eigenvalue weighted by molar-refractivity contribution is 0.0938. The Morgan fingerprint density at radius 2 is 1.83 bits per heavy atom. The van der Waals surface area contributed by atoms with E-state index in [9.17, 15) is 0 Å². The summed E-state index contributed by atoms with van der Waals surface area (Å²) in [6, 6.07) is 20.0. The summed E-state index contributed by atoms with van der Waals surface area (Å²) in [6.07, 6.45) is 5.04. The van der Waals surface area contributed by atoms with Gasteiger partial charge in [0.1, 0.15) is 0 Å². The van der Waals surface area contributed by atoms with E-state index in [0.29, 0.717) is 6.04 Å². The van der Waals surface area contributed by atoms with Crippen LogP contribution in [0.25, 0.3) is 0 Å². The molecule has 1 aliphatic carbocycles. The molecule has 2 aliphatic heterocycles. The van der Waals surface area contributed by atoms with Gasteiger partial charge in [0, 0.05) is 19.1 Å². The maximum Gasteiger partial charge on any atom is 0.0991 e. The van der Waals surface area contributed by atoms with Crippen molar-refractivity contribution < 1.29 is 0 Å². The first-order valence-corrected chi connectivity index (χ1v) is 8.61. The standard InChI is InChI=1S/C21H22N2/c22-13-16-4-3-5-17(10-16)14-23-15-18-8-9-21(23)12-20-7-2-1-6-19(20)11-18/h1-7,10,18,21H,8-9,11-12,14-15H2/t18-,21+/m0/s1. The lowest BCUT2D eigenvalue weighted by Crippen LogP contribution is -2.46. The van der Waals surface area contributed by atoms with Crippen molar-refractivity contribution in [1.82, 2.24) is 4.90 Å². The monoisotopic (exact) mass is 302 g/mol. The zero-order valence-corrected chi connectivity index (χ0v) is 13.4. The van der Waals surface area contributed by atoms with Gasteiger partial charge in [0.15, 0.2) is 0 Å². The van der Waals surface area contributed by atoms with Crippen molar-refractivity contribution in [3.8, 4) is 6.07 Å². The fourth-order valence-corrected chi connectivity index (χ4v) is 4.27. The first-order chi connectivity index (χ1) is 11.3. The maximum atomic E-state index is 9.10. The number of hydrogen-bond acceptors (Lipinski definition) is 2. The third-order valence-electron chi connectivity index (χ3n) is 5.44. The molecule has 23 heavy (non-hydrogen) atoms. The van der Waals surface area contributed by atoms with Crippen molar-refractivity contribution in [3.63, 3.8) is 0 Å². The summed E-state index contributed by atoms with van der Waals surface area (Å²) in [5.74, 6) is 0.770. The Labute approximate surface area is 138 Å². The summed E-state index contributed by atoms with van der Waals surface area (Å²) < 4.78 is 0. The van der Waals surface area contributed by atoms with Gasteiger partial charge in [-0.15, -0.1) is 0 Å². The Kier molecular flexibility index (Phi) is 3.89. The number of hydrogen-bond donors (Lipinski definition) is 0. The van der Waals surface area contributed by atoms with Gasteiger partial charge in [0.05, 0.1) is 11.6 Å². The van der Waals surface area contributed by atoms with Crippen molar-refractivity contribution in [3.05, 3.63) is 70.8 Å². The third kappa shape index (κ3) is 3.02. The average Bonchev–Trinajstić information content (AvgIpc) is 2.56. The Hall–Kier alpha value is -2.11. The Morgan fingerprint density at radius 1 is 1.00 bits per heavy atom. The lowest BCUT2D eigenvalue weighted by atomic mass is 9.80. The highest BCUT2D eigenvalue weighted by Gasteiger charge is 2.31. The summed E-state index contributed by atoms with van der Waals surface area (Å²) in [6.45, 7) is 2.16. The smallest absolute Gasteiger partial charge is 0.0991 e. The summed E-state index contributed by atoms with van der Waals surface area (Å²) in [4.78, 5) is 2.65. The molecule has 0 saturated carbocycles. The van der Waals surface area contributed by atoms with E-state index in [2.05, 4.69) is 41.3 Å². The zero-order chi connectivity index (χ0) is 15.6. The normalized spacial score (nSPS) is 23.6. The Balaban J connectivity index is 1.58. The molecule has 0 radical (unpaired) electrons. The fourth-order valence-electron chi connectivity index (χ4n) is 4.27. The predicted molar refractivity (Wildman–Crippen MR) is 91.9 cm³/mol. The Morgan fingerprint density at radius 3 is 2.65 bits per heavy atom. The molecule has 0 spiro atoms. The van der Waals surface area contributed by atoms with E-state index < -0.39 is 0 Å². The van der Waals surface area contributed by atoms with Crippen LogP contribution in [0.15, 0.2) is 48.5 Å². The van der Waals surface area contributed by atoms with Crippen LogP contribution >= 0.6 is 0 Å². The molecular weight excluding hydrogens is 280 g/mol. The van der Waals surface area contributed by atoms with E-state index in [1.54, 1.807) is 5.56 Å². The Bertz CT molecular complexity index is 744. The number of piperidine rings is 1. The predicted octanol–water partition coefficient (Wildman–Crippen LogP) is 3.94. The van der Waals surface area contributed by atoms with Crippen molar-refractivity contribution in [2.24, 2.45) is 5.92 Å². The van der Waals surface area contributed by atoms with Crippen LogP contribution in [0.5, 0.6) is 0 Å².